The SMILES string of the molecule is COc1nc(N)nc2c1ncn2[C@@H]1O[C@H](COP(=O)(N[C@@H](C)C(=O)OC(C)C)SC[C@@H]2C(=O)NC(=O)N2C)[C@@H](O)[C@@]1(C)O. The molecule has 2 aliphatic rings. The predicted molar refractivity (Wildman–Crippen MR) is 152 cm³/mol. The number of esters is 1. The fraction of sp³-hybridized carbons (Fsp3) is 0.652. The van der Waals surface area contributed by atoms with E-state index in [1.54, 1.807) is 13.8 Å². The number of carbonyl (C=O) groups is 3. The number of rotatable bonds is 12. The first-order valence-corrected chi connectivity index (χ1v) is 16.3. The molecule has 4 heterocycles. The summed E-state index contributed by atoms with van der Waals surface area (Å²) >= 11 is 0.686. The van der Waals surface area contributed by atoms with E-state index >= 15 is 0 Å². The lowest BCUT2D eigenvalue weighted by Crippen LogP contribution is -2.44. The number of methoxy groups -OCH3 is 1. The fourth-order valence-corrected chi connectivity index (χ4v) is 8.43. The molecule has 0 aromatic carbocycles. The summed E-state index contributed by atoms with van der Waals surface area (Å²) in [4.78, 5) is 50.1. The molecule has 2 saturated heterocycles. The molecule has 2 aliphatic heterocycles. The number of anilines is 1. The minimum absolute atomic E-state index is 0.0942. The van der Waals surface area contributed by atoms with Crippen molar-refractivity contribution in [2.75, 3.05) is 32.3 Å². The molecule has 0 radical (unpaired) electrons. The van der Waals surface area contributed by atoms with Gasteiger partial charge in [0.15, 0.2) is 17.4 Å². The maximum absolute atomic E-state index is 14.0. The van der Waals surface area contributed by atoms with E-state index in [2.05, 4.69) is 25.4 Å². The van der Waals surface area contributed by atoms with Crippen LogP contribution in [0.25, 0.3) is 11.2 Å². The molecule has 6 N–H and O–H groups in total. The predicted octanol–water partition coefficient (Wildman–Crippen LogP) is -0.236. The molecule has 2 aromatic heterocycles. The zero-order chi connectivity index (χ0) is 31.9. The van der Waals surface area contributed by atoms with Crippen LogP contribution in [0, 0.1) is 0 Å². The van der Waals surface area contributed by atoms with Crippen molar-refractivity contribution in [1.82, 2.24) is 34.8 Å². The summed E-state index contributed by atoms with van der Waals surface area (Å²) < 4.78 is 37.5. The standard InChI is InChI=1S/C23H35N8O10PS/c1-10(2)40-19(34)11(3)29-42(37,43-8-12-17(33)27-22(35)30(12)5)39-7-13-15(32)23(4,36)20(41-13)31-9-25-14-16(31)26-21(24)28-18(14)38-6/h9-13,15,20,32,36H,7-8H2,1-6H3,(H,29,37)(H2,24,26,28)(H,27,33,35)/t11-,12+,13+,15+,20+,23+,42?/m0/s1. The van der Waals surface area contributed by atoms with Gasteiger partial charge in [-0.15, -0.1) is 0 Å². The van der Waals surface area contributed by atoms with Crippen LogP contribution in [0.3, 0.4) is 0 Å². The second-order valence-electron chi connectivity index (χ2n) is 10.5. The Morgan fingerprint density at radius 1 is 1.35 bits per heavy atom. The summed E-state index contributed by atoms with van der Waals surface area (Å²) in [5.41, 5.74) is 4.27. The molecular weight excluding hydrogens is 611 g/mol. The Labute approximate surface area is 250 Å². The van der Waals surface area contributed by atoms with Gasteiger partial charge in [-0.25, -0.2) is 14.9 Å². The summed E-state index contributed by atoms with van der Waals surface area (Å²) in [6.45, 7) is 1.49. The third-order valence-electron chi connectivity index (χ3n) is 6.80. The van der Waals surface area contributed by atoms with Gasteiger partial charge in [0.25, 0.3) is 5.91 Å². The number of amides is 3. The Morgan fingerprint density at radius 2 is 2.05 bits per heavy atom. The van der Waals surface area contributed by atoms with E-state index in [1.165, 1.54) is 38.9 Å². The number of imidazole rings is 1. The summed E-state index contributed by atoms with van der Waals surface area (Å²) in [7, 11) is 2.79. The van der Waals surface area contributed by atoms with Gasteiger partial charge in [-0.2, -0.15) is 9.97 Å². The smallest absolute Gasteiger partial charge is 0.327 e. The average molecular weight is 647 g/mol. The number of hydrogen-bond donors (Lipinski definition) is 5. The number of ether oxygens (including phenoxy) is 3. The van der Waals surface area contributed by atoms with Crippen LogP contribution in [0.2, 0.25) is 0 Å². The van der Waals surface area contributed by atoms with Crippen molar-refractivity contribution in [3.8, 4) is 5.88 Å². The molecule has 0 bridgehead atoms. The van der Waals surface area contributed by atoms with E-state index in [0.29, 0.717) is 11.4 Å². The number of fused-ring (bicyclic) bond motifs is 1. The highest BCUT2D eigenvalue weighted by Gasteiger charge is 2.54. The number of hydrogen-bond acceptors (Lipinski definition) is 15. The number of aliphatic hydroxyl groups is 2. The summed E-state index contributed by atoms with van der Waals surface area (Å²) in [6.07, 6.45) is -3.16. The maximum Gasteiger partial charge on any atom is 0.327 e. The largest absolute Gasteiger partial charge is 0.479 e. The van der Waals surface area contributed by atoms with Gasteiger partial charge in [0.05, 0.1) is 26.1 Å². The number of imide groups is 1. The first-order chi connectivity index (χ1) is 20.1. The molecule has 4 rings (SSSR count). The Morgan fingerprint density at radius 3 is 2.65 bits per heavy atom. The molecule has 1 unspecified atom stereocenters. The molecule has 0 spiro atoms. The number of urea groups is 1. The lowest BCUT2D eigenvalue weighted by molar-refractivity contribution is -0.149. The van der Waals surface area contributed by atoms with E-state index in [0.717, 1.165) is 4.90 Å². The number of nitrogen functional groups attached to an aromatic ring is 1. The molecule has 0 aliphatic carbocycles. The number of nitrogens with one attached hydrogen (secondary N) is 2. The van der Waals surface area contributed by atoms with Crippen molar-refractivity contribution in [2.24, 2.45) is 0 Å². The zero-order valence-corrected chi connectivity index (χ0v) is 26.0. The quantitative estimate of drug-likeness (QED) is 0.114. The van der Waals surface area contributed by atoms with Gasteiger partial charge < -0.3 is 39.6 Å². The van der Waals surface area contributed by atoms with Gasteiger partial charge in [0, 0.05) is 12.8 Å². The van der Waals surface area contributed by atoms with Crippen molar-refractivity contribution in [3.05, 3.63) is 6.33 Å². The molecule has 238 valence electrons. The van der Waals surface area contributed by atoms with Crippen molar-refractivity contribution in [3.63, 3.8) is 0 Å². The summed E-state index contributed by atoms with van der Waals surface area (Å²) in [6, 6.07) is -2.66. The number of carbonyl (C=O) groups excluding carboxylic acids is 3. The number of aromatic nitrogens is 4. The van der Waals surface area contributed by atoms with Gasteiger partial charge in [0.2, 0.25) is 11.8 Å². The van der Waals surface area contributed by atoms with Crippen molar-refractivity contribution < 1.29 is 47.9 Å². The van der Waals surface area contributed by atoms with E-state index in [9.17, 15) is 29.2 Å². The highest BCUT2D eigenvalue weighted by Crippen LogP contribution is 2.57. The monoisotopic (exact) mass is 646 g/mol. The molecule has 0 saturated carbocycles. The van der Waals surface area contributed by atoms with Crippen LogP contribution in [0.15, 0.2) is 6.33 Å². The number of aliphatic hydroxyl groups excluding tert-OH is 1. The van der Waals surface area contributed by atoms with Gasteiger partial charge >= 0.3 is 18.7 Å². The normalized spacial score (nSPS) is 27.9. The van der Waals surface area contributed by atoms with Crippen LogP contribution in [-0.2, 0) is 28.2 Å². The lowest BCUT2D eigenvalue weighted by atomic mass is 9.96. The van der Waals surface area contributed by atoms with Crippen LogP contribution in [0.5, 0.6) is 5.88 Å². The Bertz CT molecular complexity index is 1440. The highest BCUT2D eigenvalue weighted by atomic mass is 32.7. The molecule has 2 fully saturated rings. The first-order valence-electron chi connectivity index (χ1n) is 13.1. The minimum Gasteiger partial charge on any atom is -0.479 e. The number of likely N-dealkylation sites (N-methyl/N-ethyl adjacent to an activating group) is 1. The number of nitrogens with two attached hydrogens (primary N) is 1. The van der Waals surface area contributed by atoms with Gasteiger partial charge in [-0.1, -0.05) is 11.4 Å². The van der Waals surface area contributed by atoms with Gasteiger partial charge in [-0.05, 0) is 27.7 Å². The van der Waals surface area contributed by atoms with Crippen LogP contribution >= 0.6 is 18.1 Å². The van der Waals surface area contributed by atoms with E-state index < -0.39 is 73.5 Å². The third kappa shape index (κ3) is 6.72. The first kappa shape index (κ1) is 32.8. The van der Waals surface area contributed by atoms with Crippen molar-refractivity contribution in [2.45, 2.75) is 69.9 Å². The minimum atomic E-state index is -4.05. The molecule has 20 heteroatoms. The lowest BCUT2D eigenvalue weighted by Gasteiger charge is -2.27. The van der Waals surface area contributed by atoms with Crippen molar-refractivity contribution >= 4 is 53.1 Å². The topological polar surface area (TPSA) is 243 Å². The fourth-order valence-electron chi connectivity index (χ4n) is 4.46. The number of nitrogens with zero attached hydrogens (tertiary/aromatic N) is 5. The van der Waals surface area contributed by atoms with Crippen molar-refractivity contribution in [1.29, 1.82) is 0 Å². The Kier molecular flexibility index (Phi) is 9.55. The molecular formula is C23H35N8O10PS. The van der Waals surface area contributed by atoms with Gasteiger partial charge in [-0.3, -0.25) is 24.0 Å². The average Bonchev–Trinajstić information content (AvgIpc) is 3.52. The second-order valence-corrected chi connectivity index (χ2v) is 14.8. The van der Waals surface area contributed by atoms with E-state index in [4.69, 9.17) is 24.5 Å². The highest BCUT2D eigenvalue weighted by molar-refractivity contribution is 8.56. The molecule has 18 nitrogen and oxygen atoms in total. The maximum atomic E-state index is 14.0. The third-order valence-corrected chi connectivity index (χ3v) is 10.9. The molecule has 2 aromatic rings. The van der Waals surface area contributed by atoms with Crippen LogP contribution in [0.1, 0.15) is 33.9 Å². The second kappa shape index (κ2) is 12.5. The molecule has 43 heavy (non-hydrogen) atoms. The van der Waals surface area contributed by atoms with Gasteiger partial charge in [0.1, 0.15) is 29.9 Å². The van der Waals surface area contributed by atoms with Crippen LogP contribution in [0.4, 0.5) is 10.7 Å². The van der Waals surface area contributed by atoms with Crippen LogP contribution in [-0.4, -0.2) is 115 Å². The molecule has 3 amide bonds. The molecule has 7 atom stereocenters. The van der Waals surface area contributed by atoms with Crippen LogP contribution < -0.4 is 20.9 Å². The van der Waals surface area contributed by atoms with E-state index in [-0.39, 0.29) is 28.7 Å². The Balaban J connectivity index is 1.54. The van der Waals surface area contributed by atoms with E-state index in [1.807, 2.05) is 0 Å². The zero-order valence-electron chi connectivity index (χ0n) is 24.3. The Hall–Kier alpha value is -3.06. The summed E-state index contributed by atoms with van der Waals surface area (Å²) in [5.74, 6) is -1.46. The summed E-state index contributed by atoms with van der Waals surface area (Å²) in [5, 5.41) is 27.1.